The van der Waals surface area contributed by atoms with Gasteiger partial charge in [-0.25, -0.2) is 0 Å². The van der Waals surface area contributed by atoms with Crippen molar-refractivity contribution in [3.63, 3.8) is 0 Å². The zero-order valence-electron chi connectivity index (χ0n) is 54.4. The van der Waals surface area contributed by atoms with E-state index < -0.39 is 0 Å². The van der Waals surface area contributed by atoms with Crippen LogP contribution in [-0.2, 0) is 0 Å². The fraction of sp³-hybridized carbons (Fsp3) is 1.00. The largest absolute Gasteiger partial charge is 0.359 e. The van der Waals surface area contributed by atoms with Gasteiger partial charge in [0.2, 0.25) is 0 Å². The predicted molar refractivity (Wildman–Crippen MR) is 397 cm³/mol. The fourth-order valence-electron chi connectivity index (χ4n) is 6.75. The Kier molecular flexibility index (Phi) is 53.9. The molecule has 1 heterocycles. The molecule has 1 aliphatic heterocycles. The topological polar surface area (TPSA) is 45.4 Å². The third-order valence-electron chi connectivity index (χ3n) is 14.3. The number of hydrazine groups is 1. The minimum atomic E-state index is -0.158. The molecule has 0 unspecified atom stereocenters. The molecule has 0 spiro atoms. The van der Waals surface area contributed by atoms with Gasteiger partial charge < -0.3 is 52.1 Å². The van der Waals surface area contributed by atoms with E-state index in [2.05, 4.69) is 159 Å². The first-order chi connectivity index (χ1) is 32.4. The van der Waals surface area contributed by atoms with Crippen molar-refractivity contribution in [3.8, 4) is 0 Å². The zero-order valence-corrected chi connectivity index (χ0v) is 90.7. The Labute approximate surface area is 502 Å². The maximum Gasteiger partial charge on any atom is 0.159 e. The summed E-state index contributed by atoms with van der Waals surface area (Å²) in [5.41, 5.74) is 0.790. The van der Waals surface area contributed by atoms with Gasteiger partial charge in [0, 0.05) is 39.3 Å². The molecule has 0 aromatic heterocycles. The van der Waals surface area contributed by atoms with Crippen LogP contribution in [0.25, 0.3) is 0 Å². The lowest BCUT2D eigenvalue weighted by Crippen LogP contribution is -2.53. The van der Waals surface area contributed by atoms with E-state index >= 15 is 0 Å². The molecule has 0 radical (unpaired) electrons. The van der Waals surface area contributed by atoms with Crippen LogP contribution < -0.4 is 0 Å². The Morgan fingerprint density at radius 1 is 0.423 bits per heavy atom. The first-order valence-corrected chi connectivity index (χ1v) is 46.1. The second-order valence-electron chi connectivity index (χ2n) is 25.5. The molecule has 2 aliphatic carbocycles. The van der Waals surface area contributed by atoms with Gasteiger partial charge in [0.25, 0.3) is 0 Å². The van der Waals surface area contributed by atoms with Crippen molar-refractivity contribution >= 4 is 196 Å². The highest BCUT2D eigenvalue weighted by Gasteiger charge is 2.24. The maximum absolute atomic E-state index is 2.92. The number of rotatable bonds is 17. The number of hydrogen-bond donors (Lipinski definition) is 0. The zero-order chi connectivity index (χ0) is 56.2. The molecule has 3 aliphatic rings. The molecule has 71 heavy (non-hydrogen) atoms. The molecule has 33 heteroatoms. The van der Waals surface area contributed by atoms with Gasteiger partial charge in [-0.3, -0.25) is 9.35 Å². The van der Waals surface area contributed by atoms with E-state index in [1.54, 1.807) is 0 Å². The van der Waals surface area contributed by atoms with E-state index in [0.717, 1.165) is 45.0 Å². The molecule has 0 amide bonds. The van der Waals surface area contributed by atoms with Crippen LogP contribution in [0.1, 0.15) is 133 Å². The van der Waals surface area contributed by atoms with E-state index in [0.29, 0.717) is 11.1 Å². The highest BCUT2D eigenvalue weighted by Crippen LogP contribution is 2.24. The van der Waals surface area contributed by atoms with Crippen LogP contribution in [0.5, 0.6) is 0 Å². The quantitative estimate of drug-likeness (QED) is 0.103. The molecular weight excluding hydrogens is 1190 g/mol. The smallest absolute Gasteiger partial charge is 0.159 e. The highest BCUT2D eigenvalue weighted by atomic mass is 28.3. The van der Waals surface area contributed by atoms with Gasteiger partial charge in [0.05, 0.1) is 166 Å². The van der Waals surface area contributed by atoms with E-state index in [9.17, 15) is 0 Å². The van der Waals surface area contributed by atoms with Crippen molar-refractivity contribution in [3.05, 3.63) is 0 Å². The molecule has 0 bridgehead atoms. The lowest BCUT2D eigenvalue weighted by atomic mass is 9.96. The summed E-state index contributed by atoms with van der Waals surface area (Å²) in [5, 5.41) is 0. The molecule has 1 saturated heterocycles. The molecule has 0 aromatic carbocycles. The van der Waals surface area contributed by atoms with E-state index in [1.807, 2.05) is 0 Å². The molecule has 0 atom stereocenters. The van der Waals surface area contributed by atoms with Gasteiger partial charge in [0.1, 0.15) is 0 Å². The Balaban J connectivity index is -0.000000380. The van der Waals surface area contributed by atoms with Gasteiger partial charge in [-0.1, -0.05) is 66.2 Å². The van der Waals surface area contributed by atoms with Crippen molar-refractivity contribution < 1.29 is 0 Å². The third-order valence-corrected chi connectivity index (χ3v) is 39.5. The summed E-state index contributed by atoms with van der Waals surface area (Å²) in [6.45, 7) is 33.6. The second-order valence-corrected chi connectivity index (χ2v) is 64.4. The maximum atomic E-state index is 2.92. The monoisotopic (exact) mass is 1320 g/mol. The van der Waals surface area contributed by atoms with Gasteiger partial charge in [-0.15, -0.1) is 0 Å². The summed E-state index contributed by atoms with van der Waals surface area (Å²) in [6, 6.07) is 3.57. The SMILES string of the molecule is CC(C)(C)N([SiH3])[SiH2]N([SiH3])C(C)(C)C.CC(C)N([SiH3])[SiH2]N([SiH3])C(C)C.CN([SiH3])CCN(C)[SiH3].CN([SiH3])N(C)[SiH3].[SiH3]N([SiH2]N([SiH3])C1CCCCC1)C1CCCCC1.[SiH3]N([SiH3])CCN([SiH3])[SiH3].[SiH3]N1CCN([SiH3])CC1. The molecule has 2 saturated carbocycles. The first-order valence-electron chi connectivity index (χ1n) is 28.0. The van der Waals surface area contributed by atoms with Crippen LogP contribution in [0.15, 0.2) is 0 Å². The van der Waals surface area contributed by atoms with Crippen LogP contribution in [0.3, 0.4) is 0 Å². The van der Waals surface area contributed by atoms with E-state index in [1.165, 1.54) is 262 Å². The van der Waals surface area contributed by atoms with Crippen LogP contribution in [-0.4, -0.2) is 373 Å². The van der Waals surface area contributed by atoms with Crippen molar-refractivity contribution in [2.45, 2.75) is 169 Å². The summed E-state index contributed by atoms with van der Waals surface area (Å²) >= 11 is 0. The van der Waals surface area contributed by atoms with E-state index in [4.69, 9.17) is 0 Å². The van der Waals surface area contributed by atoms with Crippen LogP contribution >= 0.6 is 0 Å². The van der Waals surface area contributed by atoms with Gasteiger partial charge in [-0.2, -0.15) is 0 Å². The Bertz CT molecular complexity index is 1070. The normalized spacial score (nSPS) is 18.1. The lowest BCUT2D eigenvalue weighted by Gasteiger charge is -2.41. The molecule has 0 aromatic rings. The molecule has 434 valence electrons. The molecule has 0 N–H and O–H groups in total. The number of piperazine rings is 1. The Morgan fingerprint density at radius 2 is 0.690 bits per heavy atom. The van der Waals surface area contributed by atoms with Gasteiger partial charge >= 0.3 is 0 Å². The average molecular weight is 1320 g/mol. The van der Waals surface area contributed by atoms with Gasteiger partial charge in [0.15, 0.2) is 29.5 Å². The van der Waals surface area contributed by atoms with Crippen molar-refractivity contribution in [1.82, 2.24) is 61.5 Å². The molecule has 3 rings (SSSR count). The number of nitrogens with zero attached hydrogens (tertiary/aromatic N) is 14. The highest BCUT2D eigenvalue weighted by molar-refractivity contribution is 6.47. The first kappa shape index (κ1) is 81.0. The van der Waals surface area contributed by atoms with Crippen molar-refractivity contribution in [2.75, 3.05) is 80.5 Å². The van der Waals surface area contributed by atoms with Crippen LogP contribution in [0.4, 0.5) is 0 Å². The molecular formula is C38H136N14Si19. The standard InChI is InChI=1S/C12H30N2Si3.C8H26N2Si3.C6H22N2Si3.C4H14N2Si2.C4H16N2Si2.C2H16N2Si4.C2H12N2Si2/c15-13(11-7-3-1-4-8-11)17-14(16)12-9-5-2-6-10-12;1-7(2,3)9(11)13-10(12)8(4,5)6;1-5(2)7(9)11-8(10)6(3)4;7-5-1-2-6(8)4-3-5;1-5(7)3-4-6(2)8;5-3(6)1-2-4(7)8;1-3(5)4(2)6/h11-12H,1-10,17H2,15-16H3;13H2,1-6,11-12H3;5-6H,11H2,1-4,9-10H3;1-4H2,7-8H3;3-4H2,1-2,7-8H3;1-2H2,5-8H3;1-2,5-6H3. The summed E-state index contributed by atoms with van der Waals surface area (Å²) in [6.07, 6.45) is 15.1. The van der Waals surface area contributed by atoms with Crippen LogP contribution in [0.2, 0.25) is 0 Å². The van der Waals surface area contributed by atoms with Crippen molar-refractivity contribution in [2.24, 2.45) is 0 Å². The fourth-order valence-corrected chi connectivity index (χ4v) is 27.5. The molecule has 14 nitrogen and oxygen atoms in total. The summed E-state index contributed by atoms with van der Waals surface area (Å²) in [5.74, 6) is 0. The Hall–Kier alpha value is 3.56. The van der Waals surface area contributed by atoms with Crippen molar-refractivity contribution in [1.29, 1.82) is 0 Å². The average Bonchev–Trinajstić information content (AvgIpc) is 3.27. The Morgan fingerprint density at radius 3 is 0.887 bits per heavy atom. The third kappa shape index (κ3) is 54.0. The summed E-state index contributed by atoms with van der Waals surface area (Å²) in [4.78, 5) is 0. The minimum absolute atomic E-state index is 0.0395. The van der Waals surface area contributed by atoms with E-state index in [-0.39, 0.29) is 29.5 Å². The number of likely N-dealkylation sites (N-methyl/N-ethyl adjacent to an activating group) is 2. The molecule has 3 fully saturated rings. The summed E-state index contributed by atoms with van der Waals surface area (Å²) in [7, 11) is 28.1. The number of hydrogen-bond acceptors (Lipinski definition) is 14. The lowest BCUT2D eigenvalue weighted by molar-refractivity contribution is 0.257. The minimum Gasteiger partial charge on any atom is -0.359 e. The van der Waals surface area contributed by atoms with Gasteiger partial charge in [-0.05, 0) is 144 Å². The summed E-state index contributed by atoms with van der Waals surface area (Å²) < 4.78 is 35.6. The predicted octanol–water partition coefficient (Wildman–Crippen LogP) is -16.9. The second kappa shape index (κ2) is 47.2. The van der Waals surface area contributed by atoms with Crippen LogP contribution in [0, 0.1) is 0 Å².